The number of hydrogen-bond donors (Lipinski definition) is 3. The van der Waals surface area contributed by atoms with Crippen molar-refractivity contribution in [2.75, 3.05) is 19.1 Å². The number of rotatable bonds is 5. The lowest BCUT2D eigenvalue weighted by molar-refractivity contribution is 0.369. The summed E-state index contributed by atoms with van der Waals surface area (Å²) < 4.78 is 5.17. The number of fused-ring (bicyclic) bond motifs is 1. The van der Waals surface area contributed by atoms with E-state index in [2.05, 4.69) is 10.5 Å². The first-order valence-corrected chi connectivity index (χ1v) is 8.62. The zero-order valence-corrected chi connectivity index (χ0v) is 15.7. The number of aromatic hydroxyl groups is 2. The second-order valence-corrected chi connectivity index (χ2v) is 6.02. The number of amidine groups is 1. The Morgan fingerprint density at radius 2 is 1.85 bits per heavy atom. The van der Waals surface area contributed by atoms with Gasteiger partial charge in [0.15, 0.2) is 17.3 Å². The topological polar surface area (TPSA) is 77.3 Å². The lowest BCUT2D eigenvalue weighted by Gasteiger charge is -2.24. The standard InChI is InChI=1S/C20H19N3O3S/c1-23(16-9-5-7-13-6-3-4-8-14(13)16)20(22-21-12-27)15-10-19(26-2)18(25)11-17(15)24/h3-12,24-25H,1-2H3,(H,21,27)/b22-20-. The average Bonchev–Trinajstić information content (AvgIpc) is 2.68. The Morgan fingerprint density at radius 1 is 1.11 bits per heavy atom. The van der Waals surface area contributed by atoms with Gasteiger partial charge in [0.25, 0.3) is 0 Å². The van der Waals surface area contributed by atoms with Crippen LogP contribution in [0, 0.1) is 0 Å². The number of thiocarbonyl (C=S) groups is 1. The molecule has 3 N–H and O–H groups in total. The fourth-order valence-electron chi connectivity index (χ4n) is 2.92. The predicted molar refractivity (Wildman–Crippen MR) is 112 cm³/mol. The van der Waals surface area contributed by atoms with E-state index in [1.54, 1.807) is 0 Å². The average molecular weight is 381 g/mol. The maximum absolute atomic E-state index is 10.4. The van der Waals surface area contributed by atoms with Gasteiger partial charge < -0.3 is 19.8 Å². The van der Waals surface area contributed by atoms with Crippen LogP contribution in [0.15, 0.2) is 59.7 Å². The normalized spacial score (nSPS) is 11.3. The molecule has 0 radical (unpaired) electrons. The van der Waals surface area contributed by atoms with E-state index in [1.165, 1.54) is 24.7 Å². The van der Waals surface area contributed by atoms with Crippen LogP contribution in [0.5, 0.6) is 17.2 Å². The van der Waals surface area contributed by atoms with Gasteiger partial charge in [0.2, 0.25) is 0 Å². The van der Waals surface area contributed by atoms with E-state index in [0.29, 0.717) is 11.4 Å². The Kier molecular flexibility index (Phi) is 5.42. The Hall–Kier alpha value is -3.32. The number of phenols is 2. The van der Waals surface area contributed by atoms with Gasteiger partial charge in [-0.1, -0.05) is 48.6 Å². The van der Waals surface area contributed by atoms with Gasteiger partial charge in [-0.3, -0.25) is 5.43 Å². The van der Waals surface area contributed by atoms with Crippen LogP contribution in [0.3, 0.4) is 0 Å². The summed E-state index contributed by atoms with van der Waals surface area (Å²) in [4.78, 5) is 1.83. The van der Waals surface area contributed by atoms with Gasteiger partial charge in [0.05, 0.1) is 18.2 Å². The Morgan fingerprint density at radius 3 is 2.59 bits per heavy atom. The molecule has 0 aliphatic rings. The number of benzene rings is 3. The summed E-state index contributed by atoms with van der Waals surface area (Å²) in [7, 11) is 3.28. The van der Waals surface area contributed by atoms with Crippen LogP contribution >= 0.6 is 12.2 Å². The molecule has 0 fully saturated rings. The summed E-state index contributed by atoms with van der Waals surface area (Å²) in [5.41, 5.74) is 5.19. The smallest absolute Gasteiger partial charge is 0.164 e. The molecule has 0 spiro atoms. The first-order chi connectivity index (χ1) is 13.1. The van der Waals surface area contributed by atoms with Crippen molar-refractivity contribution >= 4 is 40.0 Å². The summed E-state index contributed by atoms with van der Waals surface area (Å²) in [5, 5.41) is 26.7. The molecule has 0 aliphatic heterocycles. The molecule has 0 unspecified atom stereocenters. The lowest BCUT2D eigenvalue weighted by atomic mass is 10.1. The van der Waals surface area contributed by atoms with Gasteiger partial charge in [-0.2, -0.15) is 5.10 Å². The largest absolute Gasteiger partial charge is 0.507 e. The quantitative estimate of drug-likeness (QED) is 0.271. The number of nitrogens with one attached hydrogen (secondary N) is 1. The highest BCUT2D eigenvalue weighted by Crippen LogP contribution is 2.35. The SMILES string of the molecule is COc1cc(/C(=N/NC=S)N(C)c2cccc3ccccc23)c(O)cc1O. The molecular formula is C20H19N3O3S. The molecule has 0 atom stereocenters. The molecule has 0 saturated heterocycles. The minimum Gasteiger partial charge on any atom is -0.507 e. The number of anilines is 1. The molecule has 0 bridgehead atoms. The third kappa shape index (κ3) is 3.63. The van der Waals surface area contributed by atoms with Crippen LogP contribution in [0.1, 0.15) is 5.56 Å². The Labute approximate surface area is 162 Å². The number of ether oxygens (including phenoxy) is 1. The van der Waals surface area contributed by atoms with E-state index in [4.69, 9.17) is 17.0 Å². The van der Waals surface area contributed by atoms with E-state index < -0.39 is 0 Å². The fourth-order valence-corrected chi connectivity index (χ4v) is 2.97. The van der Waals surface area contributed by atoms with Crippen molar-refractivity contribution in [2.45, 2.75) is 0 Å². The zero-order valence-electron chi connectivity index (χ0n) is 14.9. The molecule has 0 aliphatic carbocycles. The Bertz CT molecular complexity index is 1020. The second-order valence-electron chi connectivity index (χ2n) is 5.78. The van der Waals surface area contributed by atoms with Crippen molar-refractivity contribution in [3.63, 3.8) is 0 Å². The van der Waals surface area contributed by atoms with Crippen LogP contribution < -0.4 is 15.1 Å². The maximum Gasteiger partial charge on any atom is 0.164 e. The number of methoxy groups -OCH3 is 1. The molecule has 138 valence electrons. The van der Waals surface area contributed by atoms with Gasteiger partial charge in [0, 0.05) is 24.2 Å². The molecule has 0 saturated carbocycles. The van der Waals surface area contributed by atoms with Crippen LogP contribution in [0.4, 0.5) is 5.69 Å². The first kappa shape index (κ1) is 18.5. The van der Waals surface area contributed by atoms with E-state index in [1.807, 2.05) is 54.4 Å². The third-order valence-corrected chi connectivity index (χ3v) is 4.31. The van der Waals surface area contributed by atoms with Crippen molar-refractivity contribution in [3.05, 3.63) is 60.2 Å². The first-order valence-electron chi connectivity index (χ1n) is 8.15. The summed E-state index contributed by atoms with van der Waals surface area (Å²) in [6.45, 7) is 0. The minimum atomic E-state index is -0.159. The van der Waals surface area contributed by atoms with Crippen LogP contribution in [-0.4, -0.2) is 35.7 Å². The molecule has 7 heteroatoms. The fraction of sp³-hybridized carbons (Fsp3) is 0.100. The molecular weight excluding hydrogens is 362 g/mol. The van der Waals surface area contributed by atoms with Gasteiger partial charge in [0.1, 0.15) is 5.75 Å². The van der Waals surface area contributed by atoms with Gasteiger partial charge in [-0.25, -0.2) is 0 Å². The highest BCUT2D eigenvalue weighted by molar-refractivity contribution is 7.78. The van der Waals surface area contributed by atoms with Crippen molar-refractivity contribution in [1.82, 2.24) is 5.43 Å². The number of hydrazone groups is 1. The van der Waals surface area contributed by atoms with E-state index in [-0.39, 0.29) is 17.2 Å². The zero-order chi connectivity index (χ0) is 19.4. The molecule has 27 heavy (non-hydrogen) atoms. The van der Waals surface area contributed by atoms with Crippen molar-refractivity contribution in [1.29, 1.82) is 0 Å². The molecule has 6 nitrogen and oxygen atoms in total. The van der Waals surface area contributed by atoms with Gasteiger partial charge in [-0.05, 0) is 17.5 Å². The molecule has 3 aromatic rings. The van der Waals surface area contributed by atoms with Crippen molar-refractivity contribution in [3.8, 4) is 17.2 Å². The molecule has 0 amide bonds. The molecule has 3 aromatic carbocycles. The van der Waals surface area contributed by atoms with Gasteiger partial charge >= 0.3 is 0 Å². The molecule has 3 rings (SSSR count). The van der Waals surface area contributed by atoms with E-state index >= 15 is 0 Å². The third-order valence-electron chi connectivity index (χ3n) is 4.21. The summed E-state index contributed by atoms with van der Waals surface area (Å²) in [6.07, 6.45) is 0. The monoisotopic (exact) mass is 381 g/mol. The molecule has 0 aromatic heterocycles. The summed E-state index contributed by atoms with van der Waals surface area (Å²) in [5.74, 6) is 0.339. The van der Waals surface area contributed by atoms with Crippen LogP contribution in [0.25, 0.3) is 10.8 Å². The minimum absolute atomic E-state index is 0.134. The van der Waals surface area contributed by atoms with E-state index in [9.17, 15) is 10.2 Å². The second kappa shape index (κ2) is 7.92. The maximum atomic E-state index is 10.4. The van der Waals surface area contributed by atoms with Gasteiger partial charge in [-0.15, -0.1) is 0 Å². The number of phenolic OH excluding ortho intramolecular Hbond substituents is 2. The predicted octanol–water partition coefficient (Wildman–Crippen LogP) is 3.60. The number of nitrogens with zero attached hydrogens (tertiary/aromatic N) is 2. The highest BCUT2D eigenvalue weighted by Gasteiger charge is 2.20. The molecule has 0 heterocycles. The van der Waals surface area contributed by atoms with E-state index in [0.717, 1.165) is 16.5 Å². The Balaban J connectivity index is 2.17. The lowest BCUT2D eigenvalue weighted by Crippen LogP contribution is -2.29. The van der Waals surface area contributed by atoms with Crippen molar-refractivity contribution < 1.29 is 14.9 Å². The number of hydrogen-bond acceptors (Lipinski definition) is 5. The highest BCUT2D eigenvalue weighted by atomic mass is 32.1. The van der Waals surface area contributed by atoms with Crippen molar-refractivity contribution in [2.24, 2.45) is 5.10 Å². The summed E-state index contributed by atoms with van der Waals surface area (Å²) in [6, 6.07) is 16.7. The van der Waals surface area contributed by atoms with Crippen LogP contribution in [-0.2, 0) is 0 Å². The van der Waals surface area contributed by atoms with Crippen LogP contribution in [0.2, 0.25) is 0 Å². The summed E-state index contributed by atoms with van der Waals surface area (Å²) >= 11 is 4.81.